The maximum Gasteiger partial charge on any atom is 0.275 e. The molecule has 1 atom stereocenters. The summed E-state index contributed by atoms with van der Waals surface area (Å²) in [6.45, 7) is 3.07. The van der Waals surface area contributed by atoms with Crippen LogP contribution in [0.15, 0.2) is 66.7 Å². The van der Waals surface area contributed by atoms with E-state index < -0.39 is 0 Å². The molecule has 3 aromatic rings. The van der Waals surface area contributed by atoms with E-state index in [0.717, 1.165) is 11.3 Å². The smallest absolute Gasteiger partial charge is 0.275 e. The van der Waals surface area contributed by atoms with Gasteiger partial charge in [-0.25, -0.2) is 0 Å². The standard InChI is InChI=1S/C22H24N2O2/c1-16(20-9-5-7-18-6-3-4-8-21(18)20)23-15-22(25)24-14-17-10-12-19(26-2)13-11-17/h3-13,16,23H,14-15H2,1-2H3,(H,24,25)/p+1/t16-/m1/s1. The summed E-state index contributed by atoms with van der Waals surface area (Å²) in [4.78, 5) is 12.2. The zero-order valence-corrected chi connectivity index (χ0v) is 15.2. The summed E-state index contributed by atoms with van der Waals surface area (Å²) < 4.78 is 5.14. The zero-order chi connectivity index (χ0) is 18.4. The largest absolute Gasteiger partial charge is 0.497 e. The molecule has 0 bridgehead atoms. The number of quaternary nitrogens is 1. The molecule has 3 aromatic carbocycles. The van der Waals surface area contributed by atoms with Crippen LogP contribution in [0.2, 0.25) is 0 Å². The molecule has 0 aliphatic heterocycles. The number of nitrogens with two attached hydrogens (primary N) is 1. The first-order valence-corrected chi connectivity index (χ1v) is 8.88. The molecule has 0 spiro atoms. The van der Waals surface area contributed by atoms with Crippen LogP contribution in [0.1, 0.15) is 24.1 Å². The van der Waals surface area contributed by atoms with Crippen LogP contribution in [0.5, 0.6) is 5.75 Å². The summed E-state index contributed by atoms with van der Waals surface area (Å²) >= 11 is 0. The number of nitrogens with one attached hydrogen (secondary N) is 1. The van der Waals surface area contributed by atoms with Crippen LogP contribution in [0.4, 0.5) is 0 Å². The summed E-state index contributed by atoms with van der Waals surface area (Å²) in [6.07, 6.45) is 0. The van der Waals surface area contributed by atoms with Crippen molar-refractivity contribution in [2.45, 2.75) is 19.5 Å². The molecular formula is C22H25N2O2+. The minimum absolute atomic E-state index is 0.0351. The van der Waals surface area contributed by atoms with E-state index >= 15 is 0 Å². The molecular weight excluding hydrogens is 324 g/mol. The van der Waals surface area contributed by atoms with E-state index in [2.05, 4.69) is 54.0 Å². The van der Waals surface area contributed by atoms with Crippen molar-refractivity contribution < 1.29 is 14.8 Å². The Balaban J connectivity index is 1.53. The van der Waals surface area contributed by atoms with Crippen molar-refractivity contribution in [3.05, 3.63) is 77.9 Å². The number of hydrogen-bond acceptors (Lipinski definition) is 2. The fraction of sp³-hybridized carbons (Fsp3) is 0.227. The lowest BCUT2D eigenvalue weighted by Gasteiger charge is -2.14. The molecule has 1 amide bonds. The highest BCUT2D eigenvalue weighted by molar-refractivity contribution is 5.86. The highest BCUT2D eigenvalue weighted by Crippen LogP contribution is 2.21. The van der Waals surface area contributed by atoms with Gasteiger partial charge in [-0.05, 0) is 35.4 Å². The monoisotopic (exact) mass is 349 g/mol. The molecule has 0 saturated carbocycles. The topological polar surface area (TPSA) is 54.9 Å². The first-order valence-electron chi connectivity index (χ1n) is 8.88. The Bertz CT molecular complexity index is 869. The SMILES string of the molecule is COc1ccc(CNC(=O)C[NH2+][C@H](C)c2cccc3ccccc23)cc1. The number of rotatable bonds is 7. The number of fused-ring (bicyclic) bond motifs is 1. The summed E-state index contributed by atoms with van der Waals surface area (Å²) in [5.74, 6) is 0.852. The Morgan fingerprint density at radius 2 is 1.77 bits per heavy atom. The first kappa shape index (κ1) is 18.0. The fourth-order valence-electron chi connectivity index (χ4n) is 3.07. The molecule has 3 rings (SSSR count). The highest BCUT2D eigenvalue weighted by Gasteiger charge is 2.13. The lowest BCUT2D eigenvalue weighted by atomic mass is 10.00. The van der Waals surface area contributed by atoms with E-state index in [9.17, 15) is 4.79 Å². The van der Waals surface area contributed by atoms with Crippen LogP contribution in [-0.4, -0.2) is 19.6 Å². The molecule has 4 heteroatoms. The summed E-state index contributed by atoms with van der Waals surface area (Å²) in [5, 5.41) is 7.52. The Kier molecular flexibility index (Phi) is 5.87. The van der Waals surface area contributed by atoms with Crippen molar-refractivity contribution in [3.8, 4) is 5.75 Å². The molecule has 0 radical (unpaired) electrons. The molecule has 0 aromatic heterocycles. The zero-order valence-electron chi connectivity index (χ0n) is 15.2. The summed E-state index contributed by atoms with van der Waals surface area (Å²) in [7, 11) is 1.64. The maximum absolute atomic E-state index is 12.2. The van der Waals surface area contributed by atoms with E-state index in [1.807, 2.05) is 30.3 Å². The molecule has 134 valence electrons. The molecule has 0 fully saturated rings. The van der Waals surface area contributed by atoms with Gasteiger partial charge in [0.15, 0.2) is 6.54 Å². The van der Waals surface area contributed by atoms with Crippen molar-refractivity contribution in [2.75, 3.05) is 13.7 Å². The molecule has 0 heterocycles. The van der Waals surface area contributed by atoms with Crippen LogP contribution in [0.3, 0.4) is 0 Å². The Labute approximate surface area is 154 Å². The molecule has 0 saturated heterocycles. The second kappa shape index (κ2) is 8.50. The van der Waals surface area contributed by atoms with Crippen LogP contribution in [-0.2, 0) is 11.3 Å². The van der Waals surface area contributed by atoms with Gasteiger partial charge in [-0.15, -0.1) is 0 Å². The van der Waals surface area contributed by atoms with E-state index in [-0.39, 0.29) is 11.9 Å². The molecule has 26 heavy (non-hydrogen) atoms. The maximum atomic E-state index is 12.2. The summed E-state index contributed by atoms with van der Waals surface area (Å²) in [5.41, 5.74) is 2.31. The number of benzene rings is 3. The van der Waals surface area contributed by atoms with Gasteiger partial charge in [0, 0.05) is 12.1 Å². The van der Waals surface area contributed by atoms with Gasteiger partial charge < -0.3 is 15.4 Å². The van der Waals surface area contributed by atoms with Crippen molar-refractivity contribution in [1.29, 1.82) is 0 Å². The third kappa shape index (κ3) is 4.41. The number of amides is 1. The van der Waals surface area contributed by atoms with Gasteiger partial charge in [0.1, 0.15) is 11.8 Å². The normalized spacial score (nSPS) is 11.9. The molecule has 0 aliphatic carbocycles. The number of hydrogen-bond donors (Lipinski definition) is 2. The van der Waals surface area contributed by atoms with Gasteiger partial charge in [-0.1, -0.05) is 54.6 Å². The average molecular weight is 349 g/mol. The number of carbonyl (C=O) groups is 1. The third-order valence-corrected chi connectivity index (χ3v) is 4.62. The van der Waals surface area contributed by atoms with Crippen LogP contribution < -0.4 is 15.4 Å². The third-order valence-electron chi connectivity index (χ3n) is 4.62. The average Bonchev–Trinajstić information content (AvgIpc) is 2.70. The lowest BCUT2D eigenvalue weighted by Crippen LogP contribution is -2.87. The number of methoxy groups -OCH3 is 1. The van der Waals surface area contributed by atoms with Crippen LogP contribution >= 0.6 is 0 Å². The van der Waals surface area contributed by atoms with Crippen molar-refractivity contribution in [2.24, 2.45) is 0 Å². The van der Waals surface area contributed by atoms with Crippen molar-refractivity contribution in [3.63, 3.8) is 0 Å². The molecule has 3 N–H and O–H groups in total. The predicted octanol–water partition coefficient (Wildman–Crippen LogP) is 2.79. The molecule has 0 aliphatic rings. The molecule has 4 nitrogen and oxygen atoms in total. The van der Waals surface area contributed by atoms with Gasteiger partial charge >= 0.3 is 0 Å². The Morgan fingerprint density at radius 1 is 1.04 bits per heavy atom. The quantitative estimate of drug-likeness (QED) is 0.689. The van der Waals surface area contributed by atoms with E-state index in [1.165, 1.54) is 16.3 Å². The number of carbonyl (C=O) groups excluding carboxylic acids is 1. The van der Waals surface area contributed by atoms with E-state index in [0.29, 0.717) is 13.1 Å². The lowest BCUT2D eigenvalue weighted by molar-refractivity contribution is -0.682. The van der Waals surface area contributed by atoms with E-state index in [4.69, 9.17) is 4.74 Å². The second-order valence-electron chi connectivity index (χ2n) is 6.42. The number of ether oxygens (including phenoxy) is 1. The minimum atomic E-state index is 0.0351. The minimum Gasteiger partial charge on any atom is -0.497 e. The Morgan fingerprint density at radius 3 is 2.54 bits per heavy atom. The van der Waals surface area contributed by atoms with Crippen LogP contribution in [0, 0.1) is 0 Å². The van der Waals surface area contributed by atoms with Gasteiger partial charge in [0.2, 0.25) is 0 Å². The van der Waals surface area contributed by atoms with Crippen molar-refractivity contribution in [1.82, 2.24) is 5.32 Å². The van der Waals surface area contributed by atoms with Gasteiger partial charge in [0.25, 0.3) is 5.91 Å². The molecule has 0 unspecified atom stereocenters. The van der Waals surface area contributed by atoms with Gasteiger partial charge in [-0.3, -0.25) is 4.79 Å². The van der Waals surface area contributed by atoms with E-state index in [1.54, 1.807) is 7.11 Å². The predicted molar refractivity (Wildman–Crippen MR) is 104 cm³/mol. The first-order chi connectivity index (χ1) is 12.7. The second-order valence-corrected chi connectivity index (χ2v) is 6.42. The Hall–Kier alpha value is -2.85. The van der Waals surface area contributed by atoms with Gasteiger partial charge in [0.05, 0.1) is 7.11 Å². The van der Waals surface area contributed by atoms with Gasteiger partial charge in [-0.2, -0.15) is 0 Å². The fourth-order valence-corrected chi connectivity index (χ4v) is 3.07. The summed E-state index contributed by atoms with van der Waals surface area (Å²) in [6, 6.07) is 22.6. The van der Waals surface area contributed by atoms with Crippen LogP contribution in [0.25, 0.3) is 10.8 Å². The van der Waals surface area contributed by atoms with Crippen molar-refractivity contribution >= 4 is 16.7 Å². The highest BCUT2D eigenvalue weighted by atomic mass is 16.5.